The van der Waals surface area contributed by atoms with Crippen LogP contribution >= 0.6 is 11.6 Å². The Morgan fingerprint density at radius 2 is 2.20 bits per heavy atom. The molecule has 0 aromatic rings. The number of hydrogen-bond donors (Lipinski definition) is 0. The molecule has 10 heavy (non-hydrogen) atoms. The molecule has 1 rings (SSSR count). The maximum absolute atomic E-state index is 10.6. The Morgan fingerprint density at radius 3 is 2.60 bits per heavy atom. The Balaban J connectivity index is 2.53. The molecule has 1 nitrogen and oxygen atoms in total. The topological polar surface area (TPSA) is 17.1 Å². The van der Waals surface area contributed by atoms with Crippen LogP contribution in [0.25, 0.3) is 0 Å². The minimum atomic E-state index is -0.219. The van der Waals surface area contributed by atoms with E-state index < -0.39 is 0 Å². The fourth-order valence-electron chi connectivity index (χ4n) is 1.15. The van der Waals surface area contributed by atoms with Crippen LogP contribution in [0.15, 0.2) is 12.2 Å². The number of rotatable bonds is 1. The van der Waals surface area contributed by atoms with Crippen molar-refractivity contribution in [3.63, 3.8) is 0 Å². The molecular formula is C8H11ClO. The predicted molar refractivity (Wildman–Crippen MR) is 41.9 cm³/mol. The first-order valence-electron chi connectivity index (χ1n) is 3.58. The van der Waals surface area contributed by atoms with E-state index in [1.807, 2.05) is 6.08 Å². The Bertz CT molecular complexity index is 163. The molecular weight excluding hydrogens is 148 g/mol. The summed E-state index contributed by atoms with van der Waals surface area (Å²) in [5.74, 6) is 0.602. The molecule has 2 heteroatoms. The molecule has 0 unspecified atom stereocenters. The average molecular weight is 159 g/mol. The van der Waals surface area contributed by atoms with Gasteiger partial charge in [0.2, 0.25) is 5.24 Å². The highest BCUT2D eigenvalue weighted by Gasteiger charge is 2.17. The number of carbonyl (C=O) groups excluding carboxylic acids is 1. The standard InChI is InChI=1S/C8H11ClO/c1-6-2-4-7(5-3-6)8(9)10/h2,4,6-7H,3,5H2,1H3/t6-,7-/m1/s1. The molecule has 56 valence electrons. The van der Waals surface area contributed by atoms with Crippen molar-refractivity contribution in [1.82, 2.24) is 0 Å². The summed E-state index contributed by atoms with van der Waals surface area (Å²) >= 11 is 5.31. The lowest BCUT2D eigenvalue weighted by Gasteiger charge is -2.16. The number of halogens is 1. The zero-order chi connectivity index (χ0) is 7.56. The van der Waals surface area contributed by atoms with Gasteiger partial charge >= 0.3 is 0 Å². The average Bonchev–Trinajstić information content (AvgIpc) is 1.88. The zero-order valence-corrected chi connectivity index (χ0v) is 6.77. The summed E-state index contributed by atoms with van der Waals surface area (Å²) in [6, 6.07) is 0. The summed E-state index contributed by atoms with van der Waals surface area (Å²) < 4.78 is 0. The van der Waals surface area contributed by atoms with E-state index in [1.54, 1.807) is 0 Å². The normalized spacial score (nSPS) is 32.2. The second-order valence-electron chi connectivity index (χ2n) is 2.85. The van der Waals surface area contributed by atoms with Gasteiger partial charge in [-0.25, -0.2) is 0 Å². The molecule has 0 aromatic carbocycles. The summed E-state index contributed by atoms with van der Waals surface area (Å²) in [4.78, 5) is 10.6. The molecule has 0 amide bonds. The highest BCUT2D eigenvalue weighted by molar-refractivity contribution is 6.64. The predicted octanol–water partition coefficient (Wildman–Crippen LogP) is 2.35. The molecule has 0 aromatic heterocycles. The van der Waals surface area contributed by atoms with Gasteiger partial charge in [-0.1, -0.05) is 19.1 Å². The minimum absolute atomic E-state index is 0.0159. The lowest BCUT2D eigenvalue weighted by molar-refractivity contribution is -0.114. The van der Waals surface area contributed by atoms with Gasteiger partial charge in [-0.15, -0.1) is 0 Å². The summed E-state index contributed by atoms with van der Waals surface area (Å²) in [5, 5.41) is -0.219. The molecule has 1 aliphatic carbocycles. The van der Waals surface area contributed by atoms with Crippen molar-refractivity contribution in [3.05, 3.63) is 12.2 Å². The van der Waals surface area contributed by atoms with E-state index in [-0.39, 0.29) is 11.2 Å². The molecule has 1 aliphatic rings. The largest absolute Gasteiger partial charge is 0.281 e. The quantitative estimate of drug-likeness (QED) is 0.423. The monoisotopic (exact) mass is 158 g/mol. The summed E-state index contributed by atoms with van der Waals surface area (Å²) in [5.41, 5.74) is 0. The van der Waals surface area contributed by atoms with Crippen LogP contribution in [0.2, 0.25) is 0 Å². The first-order valence-corrected chi connectivity index (χ1v) is 3.95. The van der Waals surface area contributed by atoms with Crippen molar-refractivity contribution in [2.45, 2.75) is 19.8 Å². The van der Waals surface area contributed by atoms with Gasteiger partial charge in [0.15, 0.2) is 0 Å². The van der Waals surface area contributed by atoms with Crippen LogP contribution in [-0.4, -0.2) is 5.24 Å². The first kappa shape index (κ1) is 7.80. The van der Waals surface area contributed by atoms with Gasteiger partial charge in [-0.3, -0.25) is 4.79 Å². The Labute approximate surface area is 66.1 Å². The van der Waals surface area contributed by atoms with Gasteiger partial charge in [-0.2, -0.15) is 0 Å². The fourth-order valence-corrected chi connectivity index (χ4v) is 1.33. The van der Waals surface area contributed by atoms with E-state index in [1.165, 1.54) is 0 Å². The van der Waals surface area contributed by atoms with Crippen molar-refractivity contribution in [3.8, 4) is 0 Å². The second kappa shape index (κ2) is 3.20. The van der Waals surface area contributed by atoms with Crippen LogP contribution in [0.4, 0.5) is 0 Å². The van der Waals surface area contributed by atoms with Gasteiger partial charge in [0.25, 0.3) is 0 Å². The van der Waals surface area contributed by atoms with E-state index in [0.717, 1.165) is 12.8 Å². The van der Waals surface area contributed by atoms with Crippen molar-refractivity contribution in [2.75, 3.05) is 0 Å². The Hall–Kier alpha value is -0.300. The zero-order valence-electron chi connectivity index (χ0n) is 6.01. The maximum atomic E-state index is 10.6. The molecule has 0 fully saturated rings. The van der Waals surface area contributed by atoms with E-state index in [4.69, 9.17) is 11.6 Å². The van der Waals surface area contributed by atoms with Crippen molar-refractivity contribution >= 4 is 16.8 Å². The SMILES string of the molecule is C[C@@H]1C=C[C@@H](C(=O)Cl)CC1. The number of allylic oxidation sites excluding steroid dienone is 2. The van der Waals surface area contributed by atoms with Crippen LogP contribution in [0.1, 0.15) is 19.8 Å². The molecule has 0 bridgehead atoms. The van der Waals surface area contributed by atoms with Crippen LogP contribution < -0.4 is 0 Å². The highest BCUT2D eigenvalue weighted by Crippen LogP contribution is 2.22. The third-order valence-corrected chi connectivity index (χ3v) is 2.18. The van der Waals surface area contributed by atoms with Crippen LogP contribution in [0.5, 0.6) is 0 Å². The van der Waals surface area contributed by atoms with Crippen molar-refractivity contribution in [1.29, 1.82) is 0 Å². The molecule has 0 radical (unpaired) electrons. The summed E-state index contributed by atoms with van der Waals surface area (Å²) in [7, 11) is 0. The molecule has 0 aliphatic heterocycles. The third kappa shape index (κ3) is 1.84. The van der Waals surface area contributed by atoms with Gasteiger partial charge in [0.05, 0.1) is 5.92 Å². The van der Waals surface area contributed by atoms with Crippen LogP contribution in [0, 0.1) is 11.8 Å². The number of carbonyl (C=O) groups is 1. The molecule has 0 N–H and O–H groups in total. The van der Waals surface area contributed by atoms with Crippen LogP contribution in [0.3, 0.4) is 0 Å². The second-order valence-corrected chi connectivity index (χ2v) is 3.22. The lowest BCUT2D eigenvalue weighted by Crippen LogP contribution is -2.11. The highest BCUT2D eigenvalue weighted by atomic mass is 35.5. The van der Waals surface area contributed by atoms with Gasteiger partial charge in [-0.05, 0) is 30.4 Å². The van der Waals surface area contributed by atoms with Crippen molar-refractivity contribution < 1.29 is 4.79 Å². The Morgan fingerprint density at radius 1 is 1.50 bits per heavy atom. The fraction of sp³-hybridized carbons (Fsp3) is 0.625. The summed E-state index contributed by atoms with van der Waals surface area (Å²) in [6.45, 7) is 2.14. The van der Waals surface area contributed by atoms with Gasteiger partial charge in [0, 0.05) is 0 Å². The molecule has 2 atom stereocenters. The molecule has 0 spiro atoms. The minimum Gasteiger partial charge on any atom is -0.281 e. The van der Waals surface area contributed by atoms with Crippen molar-refractivity contribution in [2.24, 2.45) is 11.8 Å². The molecule has 0 saturated heterocycles. The van der Waals surface area contributed by atoms with E-state index >= 15 is 0 Å². The van der Waals surface area contributed by atoms with Gasteiger partial charge in [0.1, 0.15) is 0 Å². The first-order chi connectivity index (χ1) is 4.70. The number of hydrogen-bond acceptors (Lipinski definition) is 1. The summed E-state index contributed by atoms with van der Waals surface area (Å²) in [6.07, 6.45) is 5.98. The lowest BCUT2D eigenvalue weighted by atomic mass is 9.91. The van der Waals surface area contributed by atoms with Gasteiger partial charge < -0.3 is 0 Å². The molecule has 0 heterocycles. The smallest absolute Gasteiger partial charge is 0.228 e. The van der Waals surface area contributed by atoms with Crippen LogP contribution in [-0.2, 0) is 4.79 Å². The van der Waals surface area contributed by atoms with E-state index in [2.05, 4.69) is 13.0 Å². The molecule has 0 saturated carbocycles. The maximum Gasteiger partial charge on any atom is 0.228 e. The van der Waals surface area contributed by atoms with E-state index in [0.29, 0.717) is 5.92 Å². The third-order valence-electron chi connectivity index (χ3n) is 1.90. The Kier molecular flexibility index (Phi) is 2.50. The van der Waals surface area contributed by atoms with E-state index in [9.17, 15) is 4.79 Å².